The Kier molecular flexibility index (Phi) is 26.7. The topological polar surface area (TPSA) is 52.6 Å². The van der Waals surface area contributed by atoms with Crippen LogP contribution in [0.1, 0.15) is 176 Å². The molecule has 4 nitrogen and oxygen atoms in total. The van der Waals surface area contributed by atoms with Gasteiger partial charge in [-0.3, -0.25) is 9.59 Å². The zero-order valence-corrected chi connectivity index (χ0v) is 26.3. The summed E-state index contributed by atoms with van der Waals surface area (Å²) in [5.74, 6) is 1.64. The van der Waals surface area contributed by atoms with Gasteiger partial charge in [0.05, 0.1) is 19.1 Å². The lowest BCUT2D eigenvalue weighted by Crippen LogP contribution is -2.17. The largest absolute Gasteiger partial charge is 0.466 e. The lowest BCUT2D eigenvalue weighted by molar-refractivity contribution is -0.149. The summed E-state index contributed by atoms with van der Waals surface area (Å²) in [5.41, 5.74) is 0. The van der Waals surface area contributed by atoms with Gasteiger partial charge in [0.15, 0.2) is 0 Å². The van der Waals surface area contributed by atoms with Gasteiger partial charge in [0.25, 0.3) is 0 Å². The van der Waals surface area contributed by atoms with Crippen LogP contribution in [0.15, 0.2) is 0 Å². The number of rotatable bonds is 28. The van der Waals surface area contributed by atoms with Crippen molar-refractivity contribution in [3.05, 3.63) is 0 Å². The first-order valence-electron chi connectivity index (χ1n) is 16.7. The van der Waals surface area contributed by atoms with Crippen LogP contribution in [-0.4, -0.2) is 25.2 Å². The van der Waals surface area contributed by atoms with Gasteiger partial charge in [-0.1, -0.05) is 137 Å². The highest BCUT2D eigenvalue weighted by Gasteiger charge is 2.17. The fourth-order valence-electron chi connectivity index (χ4n) is 4.95. The van der Waals surface area contributed by atoms with Crippen molar-refractivity contribution in [2.24, 2.45) is 17.8 Å². The highest BCUT2D eigenvalue weighted by atomic mass is 16.5. The Hall–Kier alpha value is -1.06. The molecule has 0 amide bonds. The molecular formula is C34H66O4. The van der Waals surface area contributed by atoms with Crippen molar-refractivity contribution in [3.8, 4) is 0 Å². The number of esters is 2. The monoisotopic (exact) mass is 538 g/mol. The molecule has 0 fully saturated rings. The molecule has 0 spiro atoms. The zero-order valence-electron chi connectivity index (χ0n) is 26.3. The van der Waals surface area contributed by atoms with Crippen molar-refractivity contribution in [2.75, 3.05) is 13.2 Å². The van der Waals surface area contributed by atoms with Crippen molar-refractivity contribution in [2.45, 2.75) is 176 Å². The summed E-state index contributed by atoms with van der Waals surface area (Å²) in [6.07, 6.45) is 25.3. The van der Waals surface area contributed by atoms with Gasteiger partial charge < -0.3 is 9.47 Å². The van der Waals surface area contributed by atoms with Crippen LogP contribution in [0.4, 0.5) is 0 Å². The van der Waals surface area contributed by atoms with Crippen LogP contribution >= 0.6 is 0 Å². The second-order valence-corrected chi connectivity index (χ2v) is 12.4. The van der Waals surface area contributed by atoms with E-state index < -0.39 is 0 Å². The number of hydrogen-bond donors (Lipinski definition) is 0. The molecule has 0 aromatic rings. The van der Waals surface area contributed by atoms with Crippen molar-refractivity contribution < 1.29 is 19.1 Å². The minimum atomic E-state index is -0.0106. The normalized spacial score (nSPS) is 12.3. The molecule has 0 saturated carbocycles. The molecule has 0 rings (SSSR count). The molecule has 0 aliphatic carbocycles. The number of carbonyl (C=O) groups excluding carboxylic acids is 2. The van der Waals surface area contributed by atoms with Gasteiger partial charge in [-0.2, -0.15) is 0 Å². The summed E-state index contributed by atoms with van der Waals surface area (Å²) >= 11 is 0. The van der Waals surface area contributed by atoms with Gasteiger partial charge in [0.2, 0.25) is 0 Å². The molecule has 0 heterocycles. The first-order chi connectivity index (χ1) is 18.4. The minimum absolute atomic E-state index is 0.0106. The molecule has 1 atom stereocenters. The number of ether oxygens (including phenoxy) is 2. The van der Waals surface area contributed by atoms with E-state index in [4.69, 9.17) is 9.47 Å². The Balaban J connectivity index is 3.43. The maximum Gasteiger partial charge on any atom is 0.308 e. The van der Waals surface area contributed by atoms with Crippen LogP contribution in [0.3, 0.4) is 0 Å². The average molecular weight is 539 g/mol. The fourth-order valence-corrected chi connectivity index (χ4v) is 4.95. The third-order valence-corrected chi connectivity index (χ3v) is 7.62. The summed E-state index contributed by atoms with van der Waals surface area (Å²) in [6, 6.07) is 0. The molecule has 0 N–H and O–H groups in total. The molecule has 226 valence electrons. The van der Waals surface area contributed by atoms with Crippen LogP contribution in [0.2, 0.25) is 0 Å². The highest BCUT2D eigenvalue weighted by molar-refractivity contribution is 5.72. The Morgan fingerprint density at radius 2 is 0.895 bits per heavy atom. The first-order valence-corrected chi connectivity index (χ1v) is 16.7. The van der Waals surface area contributed by atoms with Gasteiger partial charge in [0.1, 0.15) is 0 Å². The molecule has 0 aliphatic heterocycles. The molecule has 0 radical (unpaired) electrons. The summed E-state index contributed by atoms with van der Waals surface area (Å²) in [7, 11) is 0. The van der Waals surface area contributed by atoms with Crippen molar-refractivity contribution in [1.29, 1.82) is 0 Å². The summed E-state index contributed by atoms with van der Waals surface area (Å²) in [4.78, 5) is 24.1. The van der Waals surface area contributed by atoms with E-state index in [2.05, 4.69) is 34.6 Å². The second kappa shape index (κ2) is 27.5. The number of carbonyl (C=O) groups is 2. The van der Waals surface area contributed by atoms with E-state index in [9.17, 15) is 9.59 Å². The van der Waals surface area contributed by atoms with Crippen LogP contribution in [0, 0.1) is 17.8 Å². The van der Waals surface area contributed by atoms with Crippen molar-refractivity contribution in [3.63, 3.8) is 0 Å². The smallest absolute Gasteiger partial charge is 0.308 e. The maximum absolute atomic E-state index is 12.3. The predicted octanol–water partition coefficient (Wildman–Crippen LogP) is 10.6. The van der Waals surface area contributed by atoms with E-state index in [0.717, 1.165) is 63.2 Å². The lowest BCUT2D eigenvalue weighted by atomic mass is 9.97. The zero-order chi connectivity index (χ0) is 28.3. The summed E-state index contributed by atoms with van der Waals surface area (Å²) < 4.78 is 10.9. The standard InChI is InChI=1S/C34H66O4/c1-6-32(34(36)38-29-23-17-19-25-31(4)5)26-20-14-12-10-8-7-9-11-13-15-21-27-33(35)37-28-22-16-18-24-30(2)3/h30-32H,6-29H2,1-5H3. The molecule has 0 saturated heterocycles. The van der Waals surface area contributed by atoms with E-state index in [1.54, 1.807) is 0 Å². The Morgan fingerprint density at radius 3 is 1.37 bits per heavy atom. The van der Waals surface area contributed by atoms with Crippen LogP contribution in [0.25, 0.3) is 0 Å². The SMILES string of the molecule is CCC(CCCCCCCCCCCCCC(=O)OCCCCCC(C)C)C(=O)OCCCCCC(C)C. The average Bonchev–Trinajstić information content (AvgIpc) is 2.87. The highest BCUT2D eigenvalue weighted by Crippen LogP contribution is 2.18. The van der Waals surface area contributed by atoms with Gasteiger partial charge in [-0.05, 0) is 43.9 Å². The van der Waals surface area contributed by atoms with Gasteiger partial charge in [-0.25, -0.2) is 0 Å². The molecule has 4 heteroatoms. The van der Waals surface area contributed by atoms with Crippen LogP contribution < -0.4 is 0 Å². The lowest BCUT2D eigenvalue weighted by Gasteiger charge is -2.14. The molecule has 0 aromatic heterocycles. The maximum atomic E-state index is 12.3. The van der Waals surface area contributed by atoms with E-state index in [-0.39, 0.29) is 17.9 Å². The number of hydrogen-bond acceptors (Lipinski definition) is 4. The third-order valence-electron chi connectivity index (χ3n) is 7.62. The van der Waals surface area contributed by atoms with Crippen molar-refractivity contribution >= 4 is 11.9 Å². The van der Waals surface area contributed by atoms with E-state index in [0.29, 0.717) is 19.6 Å². The summed E-state index contributed by atoms with van der Waals surface area (Å²) in [6.45, 7) is 12.3. The molecular weight excluding hydrogens is 472 g/mol. The second-order valence-electron chi connectivity index (χ2n) is 12.4. The van der Waals surface area contributed by atoms with E-state index in [1.807, 2.05) is 0 Å². The van der Waals surface area contributed by atoms with Gasteiger partial charge in [-0.15, -0.1) is 0 Å². The van der Waals surface area contributed by atoms with Crippen LogP contribution in [0.5, 0.6) is 0 Å². The Bertz CT molecular complexity index is 529. The van der Waals surface area contributed by atoms with Gasteiger partial charge in [0, 0.05) is 6.42 Å². The molecule has 1 unspecified atom stereocenters. The molecule has 0 aromatic carbocycles. The summed E-state index contributed by atoms with van der Waals surface area (Å²) in [5, 5.41) is 0. The minimum Gasteiger partial charge on any atom is -0.466 e. The van der Waals surface area contributed by atoms with Gasteiger partial charge >= 0.3 is 11.9 Å². The first kappa shape index (κ1) is 36.9. The van der Waals surface area contributed by atoms with Crippen molar-refractivity contribution in [1.82, 2.24) is 0 Å². The number of unbranched alkanes of at least 4 members (excludes halogenated alkanes) is 14. The quantitative estimate of drug-likeness (QED) is 0.0734. The van der Waals surface area contributed by atoms with E-state index in [1.165, 1.54) is 83.5 Å². The Labute approximate surface area is 237 Å². The molecule has 38 heavy (non-hydrogen) atoms. The molecule has 0 aliphatic rings. The fraction of sp³-hybridized carbons (Fsp3) is 0.941. The molecule has 0 bridgehead atoms. The Morgan fingerprint density at radius 1 is 0.500 bits per heavy atom. The van der Waals surface area contributed by atoms with Crippen LogP contribution in [-0.2, 0) is 19.1 Å². The third kappa shape index (κ3) is 26.5. The van der Waals surface area contributed by atoms with E-state index >= 15 is 0 Å². The predicted molar refractivity (Wildman–Crippen MR) is 162 cm³/mol.